The maximum atomic E-state index is 13.2. The van der Waals surface area contributed by atoms with E-state index in [2.05, 4.69) is 10.6 Å². The molecule has 0 radical (unpaired) electrons. The second-order valence-electron chi connectivity index (χ2n) is 7.20. The fourth-order valence-electron chi connectivity index (χ4n) is 3.84. The summed E-state index contributed by atoms with van der Waals surface area (Å²) in [6, 6.07) is 16.2. The van der Waals surface area contributed by atoms with Crippen LogP contribution in [0.15, 0.2) is 65.9 Å². The molecule has 0 bridgehead atoms. The van der Waals surface area contributed by atoms with Gasteiger partial charge in [-0.2, -0.15) is 0 Å². The highest BCUT2D eigenvalue weighted by atomic mass is 16.5. The Morgan fingerprint density at radius 1 is 0.935 bits per heavy atom. The summed E-state index contributed by atoms with van der Waals surface area (Å²) in [5.41, 5.74) is 0.893. The largest absolute Gasteiger partial charge is 0.463 e. The zero-order valence-electron chi connectivity index (χ0n) is 17.2. The lowest BCUT2D eigenvalue weighted by molar-refractivity contribution is -0.139. The Kier molecular flexibility index (Phi) is 5.58. The highest BCUT2D eigenvalue weighted by Crippen LogP contribution is 2.29. The van der Waals surface area contributed by atoms with E-state index in [0.29, 0.717) is 5.56 Å². The van der Waals surface area contributed by atoms with E-state index in [-0.39, 0.29) is 24.5 Å². The first-order valence-electron chi connectivity index (χ1n) is 10.0. The molecule has 4 rings (SSSR count). The van der Waals surface area contributed by atoms with Gasteiger partial charge in [0.2, 0.25) is 0 Å². The van der Waals surface area contributed by atoms with Crippen LogP contribution < -0.4 is 10.6 Å². The van der Waals surface area contributed by atoms with Crippen LogP contribution in [0.1, 0.15) is 24.2 Å². The Balaban J connectivity index is 1.71. The normalized spacial score (nSPS) is 16.1. The first-order valence-corrected chi connectivity index (χ1v) is 10.0. The van der Waals surface area contributed by atoms with Gasteiger partial charge in [0, 0.05) is 0 Å². The van der Waals surface area contributed by atoms with Gasteiger partial charge in [-0.1, -0.05) is 48.5 Å². The van der Waals surface area contributed by atoms with Crippen molar-refractivity contribution in [3.63, 3.8) is 0 Å². The number of esters is 2. The van der Waals surface area contributed by atoms with Crippen LogP contribution in [-0.4, -0.2) is 37.2 Å². The topological polar surface area (TPSA) is 93.7 Å². The number of hydrogen-bond donors (Lipinski definition) is 2. The molecule has 1 aliphatic rings. The zero-order chi connectivity index (χ0) is 22.0. The van der Waals surface area contributed by atoms with Gasteiger partial charge in [0.25, 0.3) is 0 Å². The van der Waals surface area contributed by atoms with Gasteiger partial charge in [0.1, 0.15) is 6.61 Å². The molecule has 3 aromatic rings. The first-order chi connectivity index (χ1) is 15.0. The first kappa shape index (κ1) is 20.4. The van der Waals surface area contributed by atoms with Crippen LogP contribution in [0, 0.1) is 0 Å². The standard InChI is InChI=1S/C24H22N2O5/c1-3-30-22(27)20-14(2)25-24(29)26-19(20)13-31-23(28)21-17-10-6-4-8-15(17)12-16-9-5-7-11-18(16)21/h4-12,14H,3,13H2,1-2H3,(H2,25,26,29)/t14-/m1/s1. The van der Waals surface area contributed by atoms with Crippen LogP contribution in [0.5, 0.6) is 0 Å². The number of ether oxygens (including phenoxy) is 2. The lowest BCUT2D eigenvalue weighted by Crippen LogP contribution is -2.50. The van der Waals surface area contributed by atoms with Gasteiger partial charge in [-0.25, -0.2) is 14.4 Å². The fourth-order valence-corrected chi connectivity index (χ4v) is 3.84. The van der Waals surface area contributed by atoms with Gasteiger partial charge >= 0.3 is 18.0 Å². The van der Waals surface area contributed by atoms with Crippen LogP contribution in [0.4, 0.5) is 4.79 Å². The molecule has 1 aliphatic heterocycles. The number of amides is 2. The number of nitrogens with one attached hydrogen (secondary N) is 2. The average Bonchev–Trinajstić information content (AvgIpc) is 2.75. The summed E-state index contributed by atoms with van der Waals surface area (Å²) in [5, 5.41) is 8.57. The molecule has 31 heavy (non-hydrogen) atoms. The molecule has 0 fully saturated rings. The number of benzene rings is 3. The predicted octanol–water partition coefficient (Wildman–Crippen LogP) is 3.67. The third-order valence-corrected chi connectivity index (χ3v) is 5.19. The zero-order valence-corrected chi connectivity index (χ0v) is 17.2. The molecule has 158 valence electrons. The Morgan fingerprint density at radius 2 is 1.55 bits per heavy atom. The Hall–Kier alpha value is -3.87. The highest BCUT2D eigenvalue weighted by molar-refractivity contribution is 6.16. The number of hydrogen-bond acceptors (Lipinski definition) is 5. The molecule has 1 heterocycles. The molecule has 0 spiro atoms. The maximum Gasteiger partial charge on any atom is 0.339 e. The molecule has 0 aliphatic carbocycles. The van der Waals surface area contributed by atoms with Crippen molar-refractivity contribution < 1.29 is 23.9 Å². The average molecular weight is 418 g/mol. The minimum absolute atomic E-state index is 0.193. The van der Waals surface area contributed by atoms with Crippen LogP contribution in [0.2, 0.25) is 0 Å². The summed E-state index contributed by atoms with van der Waals surface area (Å²) in [4.78, 5) is 37.5. The van der Waals surface area contributed by atoms with Crippen molar-refractivity contribution in [3.8, 4) is 0 Å². The summed E-state index contributed by atoms with van der Waals surface area (Å²) in [7, 11) is 0. The summed E-state index contributed by atoms with van der Waals surface area (Å²) < 4.78 is 10.7. The fraction of sp³-hybridized carbons (Fsp3) is 0.208. The SMILES string of the molecule is CCOC(=O)C1=C(COC(=O)c2c3ccccc3cc3ccccc23)NC(=O)N[C@@H]1C. The molecule has 0 unspecified atom stereocenters. The third-order valence-electron chi connectivity index (χ3n) is 5.19. The second kappa shape index (κ2) is 8.47. The molecule has 0 saturated heterocycles. The quantitative estimate of drug-likeness (QED) is 0.487. The van der Waals surface area contributed by atoms with E-state index in [0.717, 1.165) is 21.5 Å². The monoisotopic (exact) mass is 418 g/mol. The Labute approximate surface area is 179 Å². The van der Waals surface area contributed by atoms with Gasteiger partial charge < -0.3 is 20.1 Å². The number of urea groups is 1. The van der Waals surface area contributed by atoms with Crippen molar-refractivity contribution in [2.24, 2.45) is 0 Å². The van der Waals surface area contributed by atoms with Gasteiger partial charge in [-0.15, -0.1) is 0 Å². The van der Waals surface area contributed by atoms with Crippen LogP contribution in [-0.2, 0) is 14.3 Å². The molecule has 0 saturated carbocycles. The van der Waals surface area contributed by atoms with Crippen LogP contribution in [0.25, 0.3) is 21.5 Å². The van der Waals surface area contributed by atoms with Crippen LogP contribution in [0.3, 0.4) is 0 Å². The van der Waals surface area contributed by atoms with E-state index in [4.69, 9.17) is 9.47 Å². The van der Waals surface area contributed by atoms with E-state index < -0.39 is 24.0 Å². The molecule has 2 N–H and O–H groups in total. The minimum Gasteiger partial charge on any atom is -0.463 e. The Morgan fingerprint density at radius 3 is 2.16 bits per heavy atom. The lowest BCUT2D eigenvalue weighted by atomic mass is 9.97. The summed E-state index contributed by atoms with van der Waals surface area (Å²) in [6.45, 7) is 3.30. The van der Waals surface area contributed by atoms with Crippen LogP contribution >= 0.6 is 0 Å². The molecule has 7 heteroatoms. The van der Waals surface area contributed by atoms with Crippen molar-refractivity contribution in [1.29, 1.82) is 0 Å². The van der Waals surface area contributed by atoms with E-state index in [1.807, 2.05) is 54.6 Å². The van der Waals surface area contributed by atoms with Crippen molar-refractivity contribution >= 4 is 39.5 Å². The molecular weight excluding hydrogens is 396 g/mol. The Bertz CT molecular complexity index is 1180. The van der Waals surface area contributed by atoms with E-state index in [1.165, 1.54) is 0 Å². The van der Waals surface area contributed by atoms with Crippen molar-refractivity contribution in [1.82, 2.24) is 10.6 Å². The van der Waals surface area contributed by atoms with E-state index in [9.17, 15) is 14.4 Å². The molecular formula is C24H22N2O5. The summed E-state index contributed by atoms with van der Waals surface area (Å²) >= 11 is 0. The number of carbonyl (C=O) groups excluding carboxylic acids is 3. The smallest absolute Gasteiger partial charge is 0.339 e. The molecule has 0 aromatic heterocycles. The number of carbonyl (C=O) groups is 3. The van der Waals surface area contributed by atoms with Gasteiger partial charge in [-0.05, 0) is 41.5 Å². The van der Waals surface area contributed by atoms with Gasteiger partial charge in [-0.3, -0.25) is 0 Å². The second-order valence-corrected chi connectivity index (χ2v) is 7.20. The lowest BCUT2D eigenvalue weighted by Gasteiger charge is -2.26. The minimum atomic E-state index is -0.570. The summed E-state index contributed by atoms with van der Waals surface area (Å²) in [6.07, 6.45) is 0. The van der Waals surface area contributed by atoms with E-state index >= 15 is 0 Å². The number of fused-ring (bicyclic) bond motifs is 2. The maximum absolute atomic E-state index is 13.2. The van der Waals surface area contributed by atoms with E-state index in [1.54, 1.807) is 13.8 Å². The third kappa shape index (κ3) is 3.94. The predicted molar refractivity (Wildman–Crippen MR) is 117 cm³/mol. The highest BCUT2D eigenvalue weighted by Gasteiger charge is 2.30. The molecule has 2 amide bonds. The molecule has 7 nitrogen and oxygen atoms in total. The molecule has 3 aromatic carbocycles. The van der Waals surface area contributed by atoms with Crippen molar-refractivity contribution in [2.45, 2.75) is 19.9 Å². The van der Waals surface area contributed by atoms with Gasteiger partial charge in [0.05, 0.1) is 29.5 Å². The van der Waals surface area contributed by atoms with Crippen molar-refractivity contribution in [2.75, 3.05) is 13.2 Å². The van der Waals surface area contributed by atoms with Gasteiger partial charge in [0.15, 0.2) is 0 Å². The summed E-state index contributed by atoms with van der Waals surface area (Å²) in [5.74, 6) is -1.10. The molecule has 1 atom stereocenters. The van der Waals surface area contributed by atoms with Crippen molar-refractivity contribution in [3.05, 3.63) is 71.4 Å². The number of rotatable bonds is 5.